The highest BCUT2D eigenvalue weighted by atomic mass is 16.1. The summed E-state index contributed by atoms with van der Waals surface area (Å²) < 4.78 is 2.04. The molecule has 82 valence electrons. The molecule has 0 radical (unpaired) electrons. The minimum absolute atomic E-state index is 0.257. The zero-order valence-corrected chi connectivity index (χ0v) is 8.81. The molecule has 15 heavy (non-hydrogen) atoms. The number of primary amides is 1. The van der Waals surface area contributed by atoms with Crippen molar-refractivity contribution in [2.75, 3.05) is 7.05 Å². The Kier molecular flexibility index (Phi) is 2.48. The molecule has 0 aromatic carbocycles. The van der Waals surface area contributed by atoms with Crippen LogP contribution in [0.1, 0.15) is 25.3 Å². The third-order valence-corrected chi connectivity index (χ3v) is 3.39. The van der Waals surface area contributed by atoms with Crippen molar-refractivity contribution in [3.05, 3.63) is 18.7 Å². The van der Waals surface area contributed by atoms with Crippen LogP contribution in [0.5, 0.6) is 0 Å². The van der Waals surface area contributed by atoms with Gasteiger partial charge in [-0.1, -0.05) is 0 Å². The van der Waals surface area contributed by atoms with Crippen LogP contribution in [0.4, 0.5) is 0 Å². The van der Waals surface area contributed by atoms with Gasteiger partial charge in [0.05, 0.1) is 11.9 Å². The molecular weight excluding hydrogens is 192 g/mol. The zero-order chi connectivity index (χ0) is 10.9. The first kappa shape index (κ1) is 10.2. The Morgan fingerprint density at radius 3 is 3.00 bits per heavy atom. The third kappa shape index (κ3) is 1.63. The summed E-state index contributed by atoms with van der Waals surface area (Å²) in [5.74, 6) is -0.257. The van der Waals surface area contributed by atoms with Gasteiger partial charge in [0.25, 0.3) is 0 Å². The predicted molar refractivity (Wildman–Crippen MR) is 56.1 cm³/mol. The monoisotopic (exact) mass is 208 g/mol. The summed E-state index contributed by atoms with van der Waals surface area (Å²) in [5.41, 5.74) is 4.90. The topological polar surface area (TPSA) is 72.9 Å². The fourth-order valence-electron chi connectivity index (χ4n) is 2.33. The molecule has 3 N–H and O–H groups in total. The maximum Gasteiger partial charge on any atom is 0.237 e. The van der Waals surface area contributed by atoms with Gasteiger partial charge in [-0.05, 0) is 26.3 Å². The highest BCUT2D eigenvalue weighted by Crippen LogP contribution is 2.37. The molecule has 5 heteroatoms. The average molecular weight is 208 g/mol. The van der Waals surface area contributed by atoms with E-state index in [0.717, 1.165) is 19.3 Å². The second-order valence-electron chi connectivity index (χ2n) is 4.10. The van der Waals surface area contributed by atoms with Crippen LogP contribution in [0.2, 0.25) is 0 Å². The van der Waals surface area contributed by atoms with E-state index in [1.807, 2.05) is 10.8 Å². The Labute approximate surface area is 88.7 Å². The van der Waals surface area contributed by atoms with Crippen molar-refractivity contribution < 1.29 is 4.79 Å². The normalized spacial score (nSPS) is 30.6. The molecule has 1 aliphatic rings. The molecule has 1 aliphatic carbocycles. The molecule has 0 aliphatic heterocycles. The second kappa shape index (κ2) is 3.66. The van der Waals surface area contributed by atoms with Crippen molar-refractivity contribution in [2.24, 2.45) is 5.73 Å². The van der Waals surface area contributed by atoms with E-state index in [2.05, 4.69) is 10.3 Å². The number of imidazole rings is 1. The number of amides is 1. The van der Waals surface area contributed by atoms with Crippen molar-refractivity contribution in [1.29, 1.82) is 0 Å². The van der Waals surface area contributed by atoms with E-state index in [1.165, 1.54) is 0 Å². The Morgan fingerprint density at radius 1 is 1.73 bits per heavy atom. The largest absolute Gasteiger partial charge is 0.368 e. The van der Waals surface area contributed by atoms with Gasteiger partial charge in [0.1, 0.15) is 0 Å². The summed E-state index contributed by atoms with van der Waals surface area (Å²) in [7, 11) is 1.79. The van der Waals surface area contributed by atoms with Crippen LogP contribution in [0.25, 0.3) is 0 Å². The Balaban J connectivity index is 2.15. The molecule has 0 spiro atoms. The molecular formula is C10H16N4O. The lowest BCUT2D eigenvalue weighted by atomic mass is 9.97. The zero-order valence-electron chi connectivity index (χ0n) is 8.81. The number of hydrogen-bond donors (Lipinski definition) is 2. The van der Waals surface area contributed by atoms with E-state index in [9.17, 15) is 4.79 Å². The minimum atomic E-state index is -0.533. The maximum absolute atomic E-state index is 11.4. The Morgan fingerprint density at radius 2 is 2.53 bits per heavy atom. The van der Waals surface area contributed by atoms with Gasteiger partial charge in [0.15, 0.2) is 0 Å². The lowest BCUT2D eigenvalue weighted by Gasteiger charge is -2.25. The SMILES string of the molecule is CNC1(C(N)=O)CCC(n2ccnc2)C1. The Hall–Kier alpha value is -1.36. The van der Waals surface area contributed by atoms with Crippen molar-refractivity contribution in [2.45, 2.75) is 30.8 Å². The summed E-state index contributed by atoms with van der Waals surface area (Å²) in [4.78, 5) is 15.4. The Bertz CT molecular complexity index is 348. The average Bonchev–Trinajstić information content (AvgIpc) is 2.87. The third-order valence-electron chi connectivity index (χ3n) is 3.39. The van der Waals surface area contributed by atoms with E-state index < -0.39 is 5.54 Å². The van der Waals surface area contributed by atoms with Crippen molar-refractivity contribution in [1.82, 2.24) is 14.9 Å². The highest BCUT2D eigenvalue weighted by molar-refractivity contribution is 5.85. The quantitative estimate of drug-likeness (QED) is 0.737. The molecule has 1 aromatic rings. The van der Waals surface area contributed by atoms with Gasteiger partial charge in [0, 0.05) is 18.4 Å². The molecule has 2 rings (SSSR count). The van der Waals surface area contributed by atoms with E-state index in [-0.39, 0.29) is 5.91 Å². The smallest absolute Gasteiger partial charge is 0.237 e. The van der Waals surface area contributed by atoms with E-state index in [1.54, 1.807) is 19.6 Å². The first-order valence-electron chi connectivity index (χ1n) is 5.14. The molecule has 2 atom stereocenters. The molecule has 1 amide bonds. The summed E-state index contributed by atoms with van der Waals surface area (Å²) in [6, 6.07) is 0.326. The standard InChI is InChI=1S/C10H16N4O/c1-12-10(9(11)15)3-2-8(6-10)14-5-4-13-7-14/h4-5,7-8,12H,2-3,6H2,1H3,(H2,11,15). The van der Waals surface area contributed by atoms with Gasteiger partial charge >= 0.3 is 0 Å². The number of aromatic nitrogens is 2. The van der Waals surface area contributed by atoms with E-state index in [0.29, 0.717) is 6.04 Å². The van der Waals surface area contributed by atoms with Gasteiger partial charge in [-0.2, -0.15) is 0 Å². The minimum Gasteiger partial charge on any atom is -0.368 e. The number of likely N-dealkylation sites (N-methyl/N-ethyl adjacent to an activating group) is 1. The van der Waals surface area contributed by atoms with Gasteiger partial charge < -0.3 is 15.6 Å². The summed E-state index contributed by atoms with van der Waals surface area (Å²) in [5, 5.41) is 3.06. The highest BCUT2D eigenvalue weighted by Gasteiger charge is 2.43. The number of carbonyl (C=O) groups excluding carboxylic acids is 1. The van der Waals surface area contributed by atoms with Crippen LogP contribution in [-0.4, -0.2) is 28.0 Å². The van der Waals surface area contributed by atoms with Crippen LogP contribution >= 0.6 is 0 Å². The summed E-state index contributed by atoms with van der Waals surface area (Å²) >= 11 is 0. The summed E-state index contributed by atoms with van der Waals surface area (Å²) in [6.07, 6.45) is 7.97. The van der Waals surface area contributed by atoms with E-state index >= 15 is 0 Å². The first-order valence-corrected chi connectivity index (χ1v) is 5.14. The second-order valence-corrected chi connectivity index (χ2v) is 4.10. The molecule has 2 unspecified atom stereocenters. The van der Waals surface area contributed by atoms with Crippen LogP contribution in [0.15, 0.2) is 18.7 Å². The first-order chi connectivity index (χ1) is 7.18. The van der Waals surface area contributed by atoms with Crippen LogP contribution in [0.3, 0.4) is 0 Å². The van der Waals surface area contributed by atoms with Crippen LogP contribution in [0, 0.1) is 0 Å². The summed E-state index contributed by atoms with van der Waals surface area (Å²) in [6.45, 7) is 0. The van der Waals surface area contributed by atoms with Crippen molar-refractivity contribution in [3.63, 3.8) is 0 Å². The molecule has 0 saturated heterocycles. The number of carbonyl (C=O) groups is 1. The molecule has 5 nitrogen and oxygen atoms in total. The number of rotatable bonds is 3. The van der Waals surface area contributed by atoms with Gasteiger partial charge in [-0.25, -0.2) is 4.98 Å². The van der Waals surface area contributed by atoms with E-state index in [4.69, 9.17) is 5.73 Å². The van der Waals surface area contributed by atoms with Gasteiger partial charge in [0.2, 0.25) is 5.91 Å². The number of nitrogens with zero attached hydrogens (tertiary/aromatic N) is 2. The van der Waals surface area contributed by atoms with Gasteiger partial charge in [-0.15, -0.1) is 0 Å². The van der Waals surface area contributed by atoms with Crippen LogP contribution in [-0.2, 0) is 4.79 Å². The lowest BCUT2D eigenvalue weighted by molar-refractivity contribution is -0.124. The lowest BCUT2D eigenvalue weighted by Crippen LogP contribution is -2.52. The molecule has 0 bridgehead atoms. The molecule has 1 fully saturated rings. The predicted octanol–water partition coefficient (Wildman–Crippen LogP) is 0.0516. The molecule has 1 saturated carbocycles. The maximum atomic E-state index is 11.4. The molecule has 1 heterocycles. The fraction of sp³-hybridized carbons (Fsp3) is 0.600. The fourth-order valence-corrected chi connectivity index (χ4v) is 2.33. The number of nitrogens with one attached hydrogen (secondary N) is 1. The molecule has 1 aromatic heterocycles. The van der Waals surface area contributed by atoms with Crippen molar-refractivity contribution in [3.8, 4) is 0 Å². The number of hydrogen-bond acceptors (Lipinski definition) is 3. The number of nitrogens with two attached hydrogens (primary N) is 1. The van der Waals surface area contributed by atoms with Gasteiger partial charge in [-0.3, -0.25) is 4.79 Å². The van der Waals surface area contributed by atoms with Crippen molar-refractivity contribution >= 4 is 5.91 Å². The van der Waals surface area contributed by atoms with Crippen LogP contribution < -0.4 is 11.1 Å².